The molecule has 0 spiro atoms. The quantitative estimate of drug-likeness (QED) is 0.476. The minimum atomic E-state index is -0.678. The van der Waals surface area contributed by atoms with Gasteiger partial charge in [0, 0.05) is 25.0 Å². The fourth-order valence-corrected chi connectivity index (χ4v) is 3.42. The smallest absolute Gasteiger partial charge is 0.342 e. The highest BCUT2D eigenvalue weighted by atomic mass is 32.2. The van der Waals surface area contributed by atoms with Crippen LogP contribution < -0.4 is 5.73 Å². The highest BCUT2D eigenvalue weighted by molar-refractivity contribution is 7.99. The SMILES string of the molecule is CCCCC(C(=O)ON1C(=O)CCC1=O)c1cccc(SCCC(N)=O)n1. The molecule has 2 rings (SSSR count). The molecule has 2 heterocycles. The highest BCUT2D eigenvalue weighted by Crippen LogP contribution is 2.26. The lowest BCUT2D eigenvalue weighted by Crippen LogP contribution is -2.34. The van der Waals surface area contributed by atoms with Gasteiger partial charge in [0.2, 0.25) is 5.91 Å². The van der Waals surface area contributed by atoms with Crippen LogP contribution in [-0.2, 0) is 24.0 Å². The van der Waals surface area contributed by atoms with Gasteiger partial charge in [-0.3, -0.25) is 14.4 Å². The summed E-state index contributed by atoms with van der Waals surface area (Å²) in [5, 5.41) is 1.23. The number of hydroxylamine groups is 2. The van der Waals surface area contributed by atoms with Gasteiger partial charge in [0.25, 0.3) is 11.8 Å². The van der Waals surface area contributed by atoms with Crippen molar-refractivity contribution in [2.75, 3.05) is 5.75 Å². The van der Waals surface area contributed by atoms with Crippen LogP contribution in [-0.4, -0.2) is 39.5 Å². The van der Waals surface area contributed by atoms with Gasteiger partial charge in [-0.25, -0.2) is 9.78 Å². The van der Waals surface area contributed by atoms with Crippen LogP contribution in [0.3, 0.4) is 0 Å². The Morgan fingerprint density at radius 1 is 1.30 bits per heavy atom. The second kappa shape index (κ2) is 10.1. The van der Waals surface area contributed by atoms with Crippen molar-refractivity contribution in [1.29, 1.82) is 0 Å². The van der Waals surface area contributed by atoms with Gasteiger partial charge in [0.15, 0.2) is 0 Å². The third-order valence-corrected chi connectivity index (χ3v) is 4.95. The molecule has 0 bridgehead atoms. The third-order valence-electron chi connectivity index (χ3n) is 4.02. The van der Waals surface area contributed by atoms with Crippen molar-refractivity contribution in [3.05, 3.63) is 23.9 Å². The summed E-state index contributed by atoms with van der Waals surface area (Å²) in [4.78, 5) is 56.4. The number of hydrogen-bond acceptors (Lipinski definition) is 7. The fourth-order valence-electron chi connectivity index (χ4n) is 2.57. The predicted octanol–water partition coefficient (Wildman–Crippen LogP) is 1.93. The largest absolute Gasteiger partial charge is 0.370 e. The van der Waals surface area contributed by atoms with E-state index >= 15 is 0 Å². The maximum absolute atomic E-state index is 12.6. The number of carbonyl (C=O) groups is 4. The second-order valence-electron chi connectivity index (χ2n) is 6.15. The van der Waals surface area contributed by atoms with E-state index in [4.69, 9.17) is 10.6 Å². The summed E-state index contributed by atoms with van der Waals surface area (Å²) in [6.45, 7) is 2.00. The fraction of sp³-hybridized carbons (Fsp3) is 0.500. The van der Waals surface area contributed by atoms with Crippen LogP contribution in [0.2, 0.25) is 0 Å². The zero-order valence-corrected chi connectivity index (χ0v) is 16.0. The Labute approximate surface area is 161 Å². The molecule has 0 aliphatic carbocycles. The van der Waals surface area contributed by atoms with Crippen molar-refractivity contribution in [3.63, 3.8) is 0 Å². The second-order valence-corrected chi connectivity index (χ2v) is 7.27. The maximum Gasteiger partial charge on any atom is 0.342 e. The molecule has 146 valence electrons. The van der Waals surface area contributed by atoms with Gasteiger partial charge in [-0.2, -0.15) is 0 Å². The van der Waals surface area contributed by atoms with E-state index in [0.717, 1.165) is 12.8 Å². The van der Waals surface area contributed by atoms with Crippen LogP contribution in [0.1, 0.15) is 57.1 Å². The van der Waals surface area contributed by atoms with Crippen molar-refractivity contribution in [3.8, 4) is 0 Å². The summed E-state index contributed by atoms with van der Waals surface area (Å²) in [5.74, 6) is -2.26. The van der Waals surface area contributed by atoms with Crippen LogP contribution in [0.15, 0.2) is 23.2 Å². The minimum absolute atomic E-state index is 0.0516. The molecule has 1 aromatic heterocycles. The molecular weight excluding hydrogens is 370 g/mol. The van der Waals surface area contributed by atoms with Crippen molar-refractivity contribution in [1.82, 2.24) is 10.0 Å². The van der Waals surface area contributed by atoms with E-state index in [1.54, 1.807) is 18.2 Å². The van der Waals surface area contributed by atoms with Gasteiger partial charge in [0.1, 0.15) is 5.92 Å². The molecule has 1 unspecified atom stereocenters. The molecule has 0 radical (unpaired) electrons. The number of nitrogens with zero attached hydrogens (tertiary/aromatic N) is 2. The molecular formula is C18H23N3O5S. The minimum Gasteiger partial charge on any atom is -0.370 e. The first kappa shape index (κ1) is 20.9. The molecule has 0 aromatic carbocycles. The number of thioether (sulfide) groups is 1. The Hall–Kier alpha value is -2.42. The van der Waals surface area contributed by atoms with Gasteiger partial charge in [0.05, 0.1) is 10.7 Å². The molecule has 1 saturated heterocycles. The summed E-state index contributed by atoms with van der Waals surface area (Å²) in [5.41, 5.74) is 5.65. The molecule has 3 amide bonds. The average Bonchev–Trinajstić information content (AvgIpc) is 2.94. The molecule has 1 fully saturated rings. The number of aromatic nitrogens is 1. The Morgan fingerprint density at radius 3 is 2.63 bits per heavy atom. The zero-order chi connectivity index (χ0) is 19.8. The lowest BCUT2D eigenvalue weighted by atomic mass is 9.98. The molecule has 1 aliphatic heterocycles. The number of primary amides is 1. The Kier molecular flexibility index (Phi) is 7.78. The summed E-state index contributed by atoms with van der Waals surface area (Å²) in [6, 6.07) is 5.27. The molecule has 1 aromatic rings. The zero-order valence-electron chi connectivity index (χ0n) is 15.2. The van der Waals surface area contributed by atoms with E-state index in [-0.39, 0.29) is 25.2 Å². The topological polar surface area (TPSA) is 120 Å². The first-order chi connectivity index (χ1) is 12.9. The van der Waals surface area contributed by atoms with E-state index in [2.05, 4.69) is 4.98 Å². The van der Waals surface area contributed by atoms with Crippen LogP contribution in [0.4, 0.5) is 0 Å². The number of hydrogen-bond donors (Lipinski definition) is 1. The first-order valence-electron chi connectivity index (χ1n) is 8.88. The van der Waals surface area contributed by atoms with Crippen LogP contribution in [0, 0.1) is 0 Å². The molecule has 2 N–H and O–H groups in total. The van der Waals surface area contributed by atoms with Gasteiger partial charge in [-0.05, 0) is 18.6 Å². The van der Waals surface area contributed by atoms with Crippen molar-refractivity contribution >= 4 is 35.5 Å². The van der Waals surface area contributed by atoms with Gasteiger partial charge >= 0.3 is 5.97 Å². The summed E-state index contributed by atoms with van der Waals surface area (Å²) < 4.78 is 0. The summed E-state index contributed by atoms with van der Waals surface area (Å²) >= 11 is 1.37. The molecule has 0 saturated carbocycles. The van der Waals surface area contributed by atoms with Crippen molar-refractivity contribution in [2.24, 2.45) is 5.73 Å². The summed E-state index contributed by atoms with van der Waals surface area (Å²) in [6.07, 6.45) is 2.47. The molecule has 9 heteroatoms. The van der Waals surface area contributed by atoms with Crippen molar-refractivity contribution < 1.29 is 24.0 Å². The number of unbranched alkanes of at least 4 members (excludes halogenated alkanes) is 1. The van der Waals surface area contributed by atoms with Crippen LogP contribution in [0.5, 0.6) is 0 Å². The van der Waals surface area contributed by atoms with Gasteiger partial charge in [-0.1, -0.05) is 25.8 Å². The number of rotatable bonds is 10. The number of pyridine rings is 1. The number of imide groups is 1. The van der Waals surface area contributed by atoms with E-state index in [9.17, 15) is 19.2 Å². The molecule has 8 nitrogen and oxygen atoms in total. The van der Waals surface area contributed by atoms with Gasteiger partial charge in [-0.15, -0.1) is 16.8 Å². The lowest BCUT2D eigenvalue weighted by Gasteiger charge is -2.19. The van der Waals surface area contributed by atoms with Gasteiger partial charge < -0.3 is 10.6 Å². The maximum atomic E-state index is 12.6. The Bertz CT molecular complexity index is 709. The summed E-state index contributed by atoms with van der Waals surface area (Å²) in [7, 11) is 0. The van der Waals surface area contributed by atoms with Crippen LogP contribution in [0.25, 0.3) is 0 Å². The van der Waals surface area contributed by atoms with E-state index < -0.39 is 23.7 Å². The number of carbonyl (C=O) groups excluding carboxylic acids is 4. The van der Waals surface area contributed by atoms with E-state index in [1.165, 1.54) is 11.8 Å². The third kappa shape index (κ3) is 6.06. The number of amides is 3. The normalized spacial score (nSPS) is 15.1. The molecule has 27 heavy (non-hydrogen) atoms. The molecule has 1 aliphatic rings. The van der Waals surface area contributed by atoms with E-state index in [0.29, 0.717) is 28.0 Å². The standard InChI is InChI=1S/C18H23N3O5S/c1-2-3-5-12(18(25)26-21-16(23)8-9-17(21)24)13-6-4-7-15(20-13)27-11-10-14(19)22/h4,6-7,12H,2-3,5,8-11H2,1H3,(H2,19,22). The number of nitrogens with two attached hydrogens (primary N) is 1. The highest BCUT2D eigenvalue weighted by Gasteiger charge is 2.35. The Balaban J connectivity index is 2.12. The van der Waals surface area contributed by atoms with E-state index in [1.807, 2.05) is 6.92 Å². The van der Waals surface area contributed by atoms with Crippen molar-refractivity contribution in [2.45, 2.75) is 56.4 Å². The van der Waals surface area contributed by atoms with Crippen LogP contribution >= 0.6 is 11.8 Å². The first-order valence-corrected chi connectivity index (χ1v) is 9.86. The average molecular weight is 393 g/mol. The Morgan fingerprint density at radius 2 is 2.00 bits per heavy atom. The monoisotopic (exact) mass is 393 g/mol. The molecule has 1 atom stereocenters. The lowest BCUT2D eigenvalue weighted by molar-refractivity contribution is -0.198. The predicted molar refractivity (Wildman–Crippen MR) is 98.2 cm³/mol.